The molecule has 148 valence electrons. The van der Waals surface area contributed by atoms with Gasteiger partial charge >= 0.3 is 0 Å². The molecule has 1 aliphatic rings. The zero-order valence-electron chi connectivity index (χ0n) is 15.5. The minimum atomic E-state index is -0.448. The van der Waals surface area contributed by atoms with Crippen LogP contribution in [0, 0.1) is 17.0 Å². The van der Waals surface area contributed by atoms with Crippen LogP contribution in [0.15, 0.2) is 45.4 Å². The van der Waals surface area contributed by atoms with Crippen molar-refractivity contribution in [3.05, 3.63) is 68.6 Å². The Kier molecular flexibility index (Phi) is 5.09. The van der Waals surface area contributed by atoms with Gasteiger partial charge in [-0.1, -0.05) is 0 Å². The van der Waals surface area contributed by atoms with Gasteiger partial charge in [0, 0.05) is 41.3 Å². The van der Waals surface area contributed by atoms with E-state index in [1.165, 1.54) is 23.5 Å². The largest absolute Gasteiger partial charge is 0.455 e. The molecule has 0 atom stereocenters. The average Bonchev–Trinajstić information content (AvgIpc) is 3.35. The number of thiazole rings is 1. The van der Waals surface area contributed by atoms with Crippen molar-refractivity contribution < 1.29 is 14.1 Å². The van der Waals surface area contributed by atoms with Gasteiger partial charge in [0.15, 0.2) is 10.9 Å². The number of hydrogen-bond donors (Lipinski definition) is 2. The van der Waals surface area contributed by atoms with Crippen molar-refractivity contribution >= 4 is 39.5 Å². The Morgan fingerprint density at radius 2 is 2.10 bits per heavy atom. The third-order valence-corrected chi connectivity index (χ3v) is 5.27. The van der Waals surface area contributed by atoms with E-state index in [9.17, 15) is 14.9 Å². The normalized spacial score (nSPS) is 14.4. The molecule has 2 aromatic heterocycles. The number of benzene rings is 1. The quantitative estimate of drug-likeness (QED) is 0.475. The predicted molar refractivity (Wildman–Crippen MR) is 110 cm³/mol. The van der Waals surface area contributed by atoms with Crippen molar-refractivity contribution in [2.75, 3.05) is 10.7 Å². The summed E-state index contributed by atoms with van der Waals surface area (Å²) in [6.07, 6.45) is 3.95. The molecule has 0 saturated heterocycles. The van der Waals surface area contributed by atoms with Crippen LogP contribution >= 0.6 is 11.3 Å². The number of nitro benzene ring substituents is 1. The number of furan rings is 1. The van der Waals surface area contributed by atoms with Crippen LogP contribution in [-0.4, -0.2) is 21.5 Å². The van der Waals surface area contributed by atoms with Crippen molar-refractivity contribution in [1.29, 1.82) is 0 Å². The Morgan fingerprint density at radius 3 is 2.79 bits per heavy atom. The first-order valence-corrected chi connectivity index (χ1v) is 9.81. The highest BCUT2D eigenvalue weighted by atomic mass is 32.1. The summed E-state index contributed by atoms with van der Waals surface area (Å²) >= 11 is 1.34. The highest BCUT2D eigenvalue weighted by molar-refractivity contribution is 7.13. The SMILES string of the molecule is Cc1c(C(=O)Nc2nccs2)oc2c1/C(=N/Nc1ccc([N+](=O)[O-])cc1)CCC2. The molecule has 2 N–H and O–H groups in total. The number of anilines is 2. The average molecular weight is 411 g/mol. The maximum absolute atomic E-state index is 12.6. The molecule has 0 unspecified atom stereocenters. The predicted octanol–water partition coefficient (Wildman–Crippen LogP) is 4.36. The van der Waals surface area contributed by atoms with Gasteiger partial charge in [-0.3, -0.25) is 25.7 Å². The van der Waals surface area contributed by atoms with Crippen molar-refractivity contribution in [3.63, 3.8) is 0 Å². The zero-order chi connectivity index (χ0) is 20.4. The first-order valence-electron chi connectivity index (χ1n) is 8.93. The molecule has 2 heterocycles. The van der Waals surface area contributed by atoms with Crippen molar-refractivity contribution in [1.82, 2.24) is 4.98 Å². The lowest BCUT2D eigenvalue weighted by Gasteiger charge is -2.13. The number of non-ortho nitro benzene ring substituents is 1. The number of aryl methyl sites for hydroxylation is 1. The summed E-state index contributed by atoms with van der Waals surface area (Å²) in [6, 6.07) is 6.03. The van der Waals surface area contributed by atoms with Gasteiger partial charge in [0.05, 0.1) is 16.3 Å². The van der Waals surface area contributed by atoms with Crippen LogP contribution in [0.2, 0.25) is 0 Å². The first kappa shape index (κ1) is 18.8. The molecule has 0 fully saturated rings. The van der Waals surface area contributed by atoms with Crippen LogP contribution < -0.4 is 10.7 Å². The number of carbonyl (C=O) groups excluding carboxylic acids is 1. The van der Waals surface area contributed by atoms with Crippen LogP contribution in [0.25, 0.3) is 0 Å². The van der Waals surface area contributed by atoms with Gasteiger partial charge in [0.25, 0.3) is 11.6 Å². The number of hydrogen-bond acceptors (Lipinski definition) is 8. The van der Waals surface area contributed by atoms with Gasteiger partial charge < -0.3 is 4.42 Å². The second kappa shape index (κ2) is 7.84. The minimum absolute atomic E-state index is 0.0183. The molecule has 0 aliphatic heterocycles. The molecule has 9 nitrogen and oxygen atoms in total. The Labute approximate surface area is 169 Å². The van der Waals surface area contributed by atoms with Gasteiger partial charge in [0.2, 0.25) is 0 Å². The fraction of sp³-hybridized carbons (Fsp3) is 0.211. The third kappa shape index (κ3) is 3.87. The molecule has 3 aromatic rings. The number of rotatable bonds is 5. The van der Waals surface area contributed by atoms with Gasteiger partial charge in [-0.15, -0.1) is 11.3 Å². The second-order valence-electron chi connectivity index (χ2n) is 6.47. The summed E-state index contributed by atoms with van der Waals surface area (Å²) in [5.74, 6) is 0.659. The van der Waals surface area contributed by atoms with Crippen molar-refractivity contribution in [3.8, 4) is 0 Å². The summed E-state index contributed by atoms with van der Waals surface area (Å²) < 4.78 is 5.85. The van der Waals surface area contributed by atoms with Crippen LogP contribution in [0.1, 0.15) is 40.3 Å². The number of hydrazone groups is 1. The number of aromatic nitrogens is 1. The van der Waals surface area contributed by atoms with E-state index >= 15 is 0 Å². The maximum atomic E-state index is 12.6. The zero-order valence-corrected chi connectivity index (χ0v) is 16.3. The van der Waals surface area contributed by atoms with E-state index in [0.29, 0.717) is 10.8 Å². The van der Waals surface area contributed by atoms with Crippen LogP contribution in [0.5, 0.6) is 0 Å². The van der Waals surface area contributed by atoms with E-state index < -0.39 is 4.92 Å². The molecule has 1 aliphatic carbocycles. The number of carbonyl (C=O) groups is 1. The van der Waals surface area contributed by atoms with Crippen LogP contribution in [-0.2, 0) is 6.42 Å². The Hall–Kier alpha value is -3.53. The molecule has 0 bridgehead atoms. The summed E-state index contributed by atoms with van der Waals surface area (Å²) in [7, 11) is 0. The molecule has 0 spiro atoms. The van der Waals surface area contributed by atoms with Gasteiger partial charge in [-0.2, -0.15) is 5.10 Å². The monoisotopic (exact) mass is 411 g/mol. The third-order valence-electron chi connectivity index (χ3n) is 4.58. The van der Waals surface area contributed by atoms with E-state index in [2.05, 4.69) is 20.8 Å². The topological polar surface area (TPSA) is 123 Å². The number of nitrogens with one attached hydrogen (secondary N) is 2. The maximum Gasteiger partial charge on any atom is 0.293 e. The highest BCUT2D eigenvalue weighted by Gasteiger charge is 2.28. The lowest BCUT2D eigenvalue weighted by molar-refractivity contribution is -0.384. The standard InChI is InChI=1S/C19H17N5O4S/c1-11-16-14(23-22-12-5-7-13(8-6-12)24(26)27)3-2-4-15(16)28-17(11)18(25)21-19-20-9-10-29-19/h5-10,22H,2-4H2,1H3,(H,20,21,25)/b23-14+. The van der Waals surface area contributed by atoms with E-state index in [-0.39, 0.29) is 17.4 Å². The van der Waals surface area contributed by atoms with Crippen LogP contribution in [0.3, 0.4) is 0 Å². The molecule has 29 heavy (non-hydrogen) atoms. The molecule has 0 saturated carbocycles. The Bertz CT molecular complexity index is 1090. The Morgan fingerprint density at radius 1 is 1.31 bits per heavy atom. The smallest absolute Gasteiger partial charge is 0.293 e. The van der Waals surface area contributed by atoms with Crippen molar-refractivity contribution in [2.24, 2.45) is 5.10 Å². The molecular formula is C19H17N5O4S. The van der Waals surface area contributed by atoms with E-state index in [1.54, 1.807) is 23.7 Å². The minimum Gasteiger partial charge on any atom is -0.455 e. The van der Waals surface area contributed by atoms with Crippen molar-refractivity contribution in [2.45, 2.75) is 26.2 Å². The first-order chi connectivity index (χ1) is 14.0. The summed E-state index contributed by atoms with van der Waals surface area (Å²) in [5, 5.41) is 20.3. The molecule has 1 aromatic carbocycles. The molecule has 4 rings (SSSR count). The fourth-order valence-corrected chi connectivity index (χ4v) is 3.75. The second-order valence-corrected chi connectivity index (χ2v) is 7.37. The van der Waals surface area contributed by atoms with Crippen LogP contribution in [0.4, 0.5) is 16.5 Å². The number of fused-ring (bicyclic) bond motifs is 1. The van der Waals surface area contributed by atoms with E-state index in [0.717, 1.165) is 41.9 Å². The molecular weight excluding hydrogens is 394 g/mol. The number of nitro groups is 1. The highest BCUT2D eigenvalue weighted by Crippen LogP contribution is 2.30. The van der Waals surface area contributed by atoms with E-state index in [4.69, 9.17) is 4.42 Å². The molecule has 0 radical (unpaired) electrons. The number of nitrogens with zero attached hydrogens (tertiary/aromatic N) is 3. The lowest BCUT2D eigenvalue weighted by Crippen LogP contribution is -2.14. The van der Waals surface area contributed by atoms with Gasteiger partial charge in [0.1, 0.15) is 5.76 Å². The summed E-state index contributed by atoms with van der Waals surface area (Å²) in [4.78, 5) is 26.9. The van der Waals surface area contributed by atoms with E-state index in [1.807, 2.05) is 6.92 Å². The summed E-state index contributed by atoms with van der Waals surface area (Å²) in [6.45, 7) is 1.84. The van der Waals surface area contributed by atoms with Gasteiger partial charge in [-0.05, 0) is 31.9 Å². The lowest BCUT2D eigenvalue weighted by atomic mass is 9.93. The fourth-order valence-electron chi connectivity index (χ4n) is 3.23. The number of amides is 1. The van der Waals surface area contributed by atoms with Gasteiger partial charge in [-0.25, -0.2) is 4.98 Å². The molecule has 1 amide bonds. The summed E-state index contributed by atoms with van der Waals surface area (Å²) in [5.41, 5.74) is 5.96. The Balaban J connectivity index is 1.57. The molecule has 10 heteroatoms.